The normalized spacial score (nSPS) is 15.7. The Morgan fingerprint density at radius 2 is 1.91 bits per heavy atom. The number of hydrogen-bond acceptors (Lipinski definition) is 6. The van der Waals surface area contributed by atoms with Gasteiger partial charge in [-0.05, 0) is 67.1 Å². The number of hydrogen-bond donors (Lipinski definition) is 2. The zero-order chi connectivity index (χ0) is 24.8. The number of ketones is 1. The summed E-state index contributed by atoms with van der Waals surface area (Å²) in [6.07, 6.45) is 1.26. The molecule has 180 valence electrons. The van der Waals surface area contributed by atoms with E-state index in [-0.39, 0.29) is 34.1 Å². The number of nitrogens with zero attached hydrogens (tertiary/aromatic N) is 1. The maximum Gasteiger partial charge on any atom is 0.434 e. The van der Waals surface area contributed by atoms with Crippen molar-refractivity contribution in [3.63, 3.8) is 0 Å². The highest BCUT2D eigenvalue weighted by Crippen LogP contribution is 2.37. The second-order valence-corrected chi connectivity index (χ2v) is 10.5. The van der Waals surface area contributed by atoms with Crippen molar-refractivity contribution >= 4 is 27.4 Å². The molecule has 0 aliphatic heterocycles. The smallest absolute Gasteiger partial charge is 0.391 e. The van der Waals surface area contributed by atoms with Gasteiger partial charge in [-0.1, -0.05) is 24.6 Å². The molecule has 0 fully saturated rings. The number of rotatable bonds is 6. The van der Waals surface area contributed by atoms with Crippen LogP contribution in [-0.4, -0.2) is 24.4 Å². The van der Waals surface area contributed by atoms with Gasteiger partial charge in [0.2, 0.25) is 15.9 Å². The standard InChI is InChI=1S/C23H23ClFN3O5S/c1-11-7-9-16(25)19(12(11)2)13(3)21(22-26-27-23(30)33-22)28-34(31,32)18-10-8-15(24)14-5-4-6-17(29)20(14)18/h7-10,13,21,28H,4-6H2,1-3H3,(H,27,30)/t13-,21+/m1/s1. The van der Waals surface area contributed by atoms with Crippen molar-refractivity contribution in [1.29, 1.82) is 0 Å². The van der Waals surface area contributed by atoms with Crippen molar-refractivity contribution < 1.29 is 22.0 Å². The van der Waals surface area contributed by atoms with E-state index in [1.165, 1.54) is 18.2 Å². The van der Waals surface area contributed by atoms with E-state index in [1.807, 2.05) is 6.92 Å². The molecular formula is C23H23ClFN3O5S. The largest absolute Gasteiger partial charge is 0.434 e. The second-order valence-electron chi connectivity index (χ2n) is 8.42. The molecule has 34 heavy (non-hydrogen) atoms. The average molecular weight is 508 g/mol. The zero-order valence-electron chi connectivity index (χ0n) is 18.7. The lowest BCUT2D eigenvalue weighted by Gasteiger charge is -2.26. The molecule has 2 atom stereocenters. The lowest BCUT2D eigenvalue weighted by molar-refractivity contribution is 0.0969. The maximum atomic E-state index is 14.9. The summed E-state index contributed by atoms with van der Waals surface area (Å²) >= 11 is 6.24. The third kappa shape index (κ3) is 4.33. The third-order valence-electron chi connectivity index (χ3n) is 6.31. The predicted octanol–water partition coefficient (Wildman–Crippen LogP) is 4.11. The number of H-pyrrole nitrogens is 1. The highest BCUT2D eigenvalue weighted by atomic mass is 35.5. The summed E-state index contributed by atoms with van der Waals surface area (Å²) in [5, 5.41) is 6.23. The van der Waals surface area contributed by atoms with Gasteiger partial charge >= 0.3 is 5.76 Å². The second kappa shape index (κ2) is 9.09. The molecule has 0 saturated heterocycles. The summed E-state index contributed by atoms with van der Waals surface area (Å²) in [5.74, 6) is -2.81. The molecule has 8 nitrogen and oxygen atoms in total. The highest BCUT2D eigenvalue weighted by Gasteiger charge is 2.36. The van der Waals surface area contributed by atoms with Gasteiger partial charge in [0.05, 0.1) is 4.90 Å². The molecule has 0 spiro atoms. The number of aromatic amines is 1. The highest BCUT2D eigenvalue weighted by molar-refractivity contribution is 7.89. The number of aryl methyl sites for hydroxylation is 1. The summed E-state index contributed by atoms with van der Waals surface area (Å²) < 4.78 is 49.6. The number of carbonyl (C=O) groups excluding carboxylic acids is 1. The lowest BCUT2D eigenvalue weighted by atomic mass is 9.88. The zero-order valence-corrected chi connectivity index (χ0v) is 20.3. The van der Waals surface area contributed by atoms with Crippen LogP contribution >= 0.6 is 11.6 Å². The van der Waals surface area contributed by atoms with Crippen molar-refractivity contribution in [2.45, 2.75) is 56.9 Å². The fourth-order valence-electron chi connectivity index (χ4n) is 4.43. The van der Waals surface area contributed by atoms with Crippen molar-refractivity contribution in [2.24, 2.45) is 0 Å². The lowest BCUT2D eigenvalue weighted by Crippen LogP contribution is -2.34. The number of carbonyl (C=O) groups is 1. The van der Waals surface area contributed by atoms with Gasteiger partial charge in [-0.15, -0.1) is 5.10 Å². The topological polar surface area (TPSA) is 122 Å². The molecule has 11 heteroatoms. The molecule has 0 amide bonds. The number of aromatic nitrogens is 2. The first kappa shape index (κ1) is 24.3. The fourth-order valence-corrected chi connectivity index (χ4v) is 6.20. The van der Waals surface area contributed by atoms with Gasteiger partial charge in [-0.3, -0.25) is 4.79 Å². The van der Waals surface area contributed by atoms with E-state index in [0.717, 1.165) is 5.56 Å². The van der Waals surface area contributed by atoms with E-state index in [2.05, 4.69) is 14.9 Å². The van der Waals surface area contributed by atoms with E-state index < -0.39 is 33.6 Å². The number of sulfonamides is 1. The Balaban J connectivity index is 1.84. The van der Waals surface area contributed by atoms with E-state index in [1.54, 1.807) is 19.9 Å². The summed E-state index contributed by atoms with van der Waals surface area (Å²) in [6, 6.07) is 4.39. The van der Waals surface area contributed by atoms with E-state index in [0.29, 0.717) is 29.0 Å². The Bertz CT molecular complexity index is 1450. The van der Waals surface area contributed by atoms with Gasteiger partial charge in [-0.2, -0.15) is 4.72 Å². The molecule has 1 aliphatic carbocycles. The summed E-state index contributed by atoms with van der Waals surface area (Å²) in [7, 11) is -4.35. The molecule has 0 bridgehead atoms. The minimum Gasteiger partial charge on any atom is -0.391 e. The Kier molecular flexibility index (Phi) is 6.50. The van der Waals surface area contributed by atoms with Crippen LogP contribution in [0, 0.1) is 19.7 Å². The van der Waals surface area contributed by atoms with Crippen LogP contribution in [-0.2, 0) is 16.4 Å². The van der Waals surface area contributed by atoms with Gasteiger partial charge in [-0.25, -0.2) is 22.7 Å². The molecule has 2 N–H and O–H groups in total. The molecular weight excluding hydrogens is 485 g/mol. The number of halogens is 2. The van der Waals surface area contributed by atoms with Crippen LogP contribution in [0.2, 0.25) is 5.02 Å². The SMILES string of the molecule is Cc1ccc(F)c([C@@H](C)[C@H](NS(=O)(=O)c2ccc(Cl)c3c2C(=O)CCC3)c2n[nH]c(=O)o2)c1C. The quantitative estimate of drug-likeness (QED) is 0.517. The number of benzene rings is 2. The van der Waals surface area contributed by atoms with Gasteiger partial charge in [0.1, 0.15) is 11.9 Å². The first-order valence-corrected chi connectivity index (χ1v) is 12.5. The van der Waals surface area contributed by atoms with Crippen LogP contribution in [0.15, 0.2) is 38.4 Å². The minimum absolute atomic E-state index is 0.0547. The molecule has 0 radical (unpaired) electrons. The average Bonchev–Trinajstić information content (AvgIpc) is 3.21. The molecule has 1 aromatic heterocycles. The van der Waals surface area contributed by atoms with Crippen molar-refractivity contribution in [3.8, 4) is 0 Å². The van der Waals surface area contributed by atoms with Crippen molar-refractivity contribution in [3.05, 3.63) is 79.4 Å². The van der Waals surface area contributed by atoms with E-state index in [4.69, 9.17) is 16.0 Å². The maximum absolute atomic E-state index is 14.9. The van der Waals surface area contributed by atoms with Crippen molar-refractivity contribution in [2.75, 3.05) is 0 Å². The van der Waals surface area contributed by atoms with Crippen molar-refractivity contribution in [1.82, 2.24) is 14.9 Å². The van der Waals surface area contributed by atoms with E-state index >= 15 is 0 Å². The molecule has 1 heterocycles. The van der Waals surface area contributed by atoms with Gasteiger partial charge in [0.15, 0.2) is 5.78 Å². The van der Waals surface area contributed by atoms with Crippen LogP contribution in [0.5, 0.6) is 0 Å². The third-order valence-corrected chi connectivity index (χ3v) is 8.14. The van der Waals surface area contributed by atoms with Crippen LogP contribution in [0.25, 0.3) is 0 Å². The molecule has 4 rings (SSSR count). The molecule has 3 aromatic rings. The summed E-state index contributed by atoms with van der Waals surface area (Å²) in [5.41, 5.74) is 2.24. The Hall–Kier alpha value is -2.82. The van der Waals surface area contributed by atoms with Gasteiger partial charge in [0.25, 0.3) is 0 Å². The Labute approximate surface area is 200 Å². The number of nitrogens with one attached hydrogen (secondary N) is 2. The number of Topliss-reactive ketones (excluding diaryl/α,β-unsaturated/α-hetero) is 1. The molecule has 2 aromatic carbocycles. The number of fused-ring (bicyclic) bond motifs is 1. The molecule has 1 aliphatic rings. The Morgan fingerprint density at radius 3 is 2.59 bits per heavy atom. The van der Waals surface area contributed by atoms with Crippen LogP contribution in [0.3, 0.4) is 0 Å². The monoisotopic (exact) mass is 507 g/mol. The first-order chi connectivity index (χ1) is 16.0. The fraction of sp³-hybridized carbons (Fsp3) is 0.348. The Morgan fingerprint density at radius 1 is 1.18 bits per heavy atom. The first-order valence-electron chi connectivity index (χ1n) is 10.7. The van der Waals surface area contributed by atoms with Gasteiger partial charge < -0.3 is 4.42 Å². The molecule has 0 unspecified atom stereocenters. The van der Waals surface area contributed by atoms with Crippen LogP contribution in [0.4, 0.5) is 4.39 Å². The van der Waals surface area contributed by atoms with Crippen LogP contribution in [0.1, 0.15) is 70.2 Å². The minimum atomic E-state index is -4.35. The molecule has 0 saturated carbocycles. The summed E-state index contributed by atoms with van der Waals surface area (Å²) in [4.78, 5) is 24.1. The summed E-state index contributed by atoms with van der Waals surface area (Å²) in [6.45, 7) is 5.14. The van der Waals surface area contributed by atoms with E-state index in [9.17, 15) is 22.4 Å². The van der Waals surface area contributed by atoms with Crippen LogP contribution < -0.4 is 10.5 Å². The van der Waals surface area contributed by atoms with Gasteiger partial charge in [0, 0.05) is 22.9 Å². The predicted molar refractivity (Wildman–Crippen MR) is 123 cm³/mol.